The molecule has 3 heteroatoms. The molecule has 1 fully saturated rings. The Labute approximate surface area is 102 Å². The predicted molar refractivity (Wildman–Crippen MR) is 64.7 cm³/mol. The number of carbonyl (C=O) groups is 1. The summed E-state index contributed by atoms with van der Waals surface area (Å²) < 4.78 is 10.5. The van der Waals surface area contributed by atoms with Gasteiger partial charge in [0.05, 0.1) is 13.2 Å². The zero-order valence-electron chi connectivity index (χ0n) is 9.93. The number of aryl methyl sites for hydroxylation is 1. The van der Waals surface area contributed by atoms with Gasteiger partial charge in [-0.3, -0.25) is 4.79 Å². The Hall–Kier alpha value is -1.19. The van der Waals surface area contributed by atoms with Gasteiger partial charge >= 0.3 is 0 Å². The molecule has 17 heavy (non-hydrogen) atoms. The predicted octanol–water partition coefficient (Wildman–Crippen LogP) is 2.34. The highest BCUT2D eigenvalue weighted by molar-refractivity contribution is 5.81. The minimum absolute atomic E-state index is 0.0700. The highest BCUT2D eigenvalue weighted by Gasteiger charge is 2.21. The van der Waals surface area contributed by atoms with E-state index in [1.807, 2.05) is 18.2 Å². The van der Waals surface area contributed by atoms with Crippen molar-refractivity contribution < 1.29 is 14.3 Å². The van der Waals surface area contributed by atoms with Gasteiger partial charge in [-0.05, 0) is 24.8 Å². The molecule has 1 aliphatic heterocycles. The van der Waals surface area contributed by atoms with E-state index in [2.05, 4.69) is 12.1 Å². The van der Waals surface area contributed by atoms with Crippen molar-refractivity contribution in [2.24, 2.45) is 0 Å². The summed E-state index contributed by atoms with van der Waals surface area (Å²) >= 11 is 0. The van der Waals surface area contributed by atoms with Gasteiger partial charge in [0.1, 0.15) is 0 Å². The van der Waals surface area contributed by atoms with Gasteiger partial charge in [0.2, 0.25) is 6.29 Å². The Morgan fingerprint density at radius 3 is 2.59 bits per heavy atom. The van der Waals surface area contributed by atoms with Gasteiger partial charge in [0, 0.05) is 6.42 Å². The van der Waals surface area contributed by atoms with Gasteiger partial charge in [-0.2, -0.15) is 0 Å². The Morgan fingerprint density at radius 2 is 1.88 bits per heavy atom. The third-order valence-corrected chi connectivity index (χ3v) is 2.82. The first-order valence-electron chi connectivity index (χ1n) is 6.16. The molecule has 1 saturated heterocycles. The molecule has 92 valence electrons. The smallest absolute Gasteiger partial charge is 0.217 e. The van der Waals surface area contributed by atoms with E-state index in [0.717, 1.165) is 19.3 Å². The molecule has 0 unspecified atom stereocenters. The molecule has 0 atom stereocenters. The third-order valence-electron chi connectivity index (χ3n) is 2.82. The number of ether oxygens (including phenoxy) is 2. The summed E-state index contributed by atoms with van der Waals surface area (Å²) in [6.45, 7) is 1.27. The maximum Gasteiger partial charge on any atom is 0.217 e. The highest BCUT2D eigenvalue weighted by Crippen LogP contribution is 2.11. The maximum atomic E-state index is 11.7. The molecule has 0 saturated carbocycles. The van der Waals surface area contributed by atoms with Gasteiger partial charge in [-0.15, -0.1) is 0 Å². The number of hydrogen-bond acceptors (Lipinski definition) is 3. The number of ketones is 1. The summed E-state index contributed by atoms with van der Waals surface area (Å²) in [4.78, 5) is 11.7. The van der Waals surface area contributed by atoms with Crippen LogP contribution in [0.4, 0.5) is 0 Å². The molecule has 0 aromatic heterocycles. The van der Waals surface area contributed by atoms with Crippen LogP contribution in [0.15, 0.2) is 30.3 Å². The Bertz CT molecular complexity index is 342. The van der Waals surface area contributed by atoms with Crippen LogP contribution in [0.3, 0.4) is 0 Å². The van der Waals surface area contributed by atoms with E-state index in [1.54, 1.807) is 0 Å². The number of rotatable bonds is 5. The summed E-state index contributed by atoms with van der Waals surface area (Å²) in [5.41, 5.74) is 1.27. The van der Waals surface area contributed by atoms with E-state index in [0.29, 0.717) is 19.6 Å². The quantitative estimate of drug-likeness (QED) is 0.784. The van der Waals surface area contributed by atoms with Gasteiger partial charge in [0.25, 0.3) is 0 Å². The molecule has 1 aliphatic rings. The Morgan fingerprint density at radius 1 is 1.18 bits per heavy atom. The lowest BCUT2D eigenvalue weighted by molar-refractivity contribution is -0.188. The van der Waals surface area contributed by atoms with Crippen LogP contribution in [-0.4, -0.2) is 25.3 Å². The molecule has 1 heterocycles. The summed E-state index contributed by atoms with van der Waals surface area (Å²) in [6, 6.07) is 10.2. The van der Waals surface area contributed by atoms with E-state index in [-0.39, 0.29) is 5.78 Å². The van der Waals surface area contributed by atoms with E-state index in [9.17, 15) is 4.79 Å². The van der Waals surface area contributed by atoms with Gasteiger partial charge in [-0.25, -0.2) is 0 Å². The van der Waals surface area contributed by atoms with E-state index in [1.165, 1.54) is 5.56 Å². The van der Waals surface area contributed by atoms with Gasteiger partial charge < -0.3 is 9.47 Å². The first-order chi connectivity index (χ1) is 8.36. The first kappa shape index (κ1) is 12.3. The fourth-order valence-electron chi connectivity index (χ4n) is 1.90. The second-order valence-electron chi connectivity index (χ2n) is 4.23. The number of hydrogen-bond donors (Lipinski definition) is 0. The van der Waals surface area contributed by atoms with Crippen molar-refractivity contribution in [2.45, 2.75) is 32.0 Å². The van der Waals surface area contributed by atoms with Crippen molar-refractivity contribution in [3.05, 3.63) is 35.9 Å². The summed E-state index contributed by atoms with van der Waals surface area (Å²) in [6.07, 6.45) is 2.58. The fraction of sp³-hybridized carbons (Fsp3) is 0.500. The minimum atomic E-state index is -0.612. The zero-order valence-corrected chi connectivity index (χ0v) is 9.93. The lowest BCUT2D eigenvalue weighted by atomic mass is 10.1. The van der Waals surface area contributed by atoms with E-state index >= 15 is 0 Å². The van der Waals surface area contributed by atoms with Crippen molar-refractivity contribution in [2.75, 3.05) is 13.2 Å². The summed E-state index contributed by atoms with van der Waals surface area (Å²) in [5, 5.41) is 0. The standard InChI is InChI=1S/C14H18O3/c15-13(14-16-10-5-11-17-14)9-4-8-12-6-2-1-3-7-12/h1-3,6-7,14H,4-5,8-11H2. The maximum absolute atomic E-state index is 11.7. The molecule has 1 aromatic rings. The fourth-order valence-corrected chi connectivity index (χ4v) is 1.90. The van der Waals surface area contributed by atoms with Gasteiger partial charge in [0.15, 0.2) is 5.78 Å². The number of Topliss-reactive ketones (excluding diaryl/α,β-unsaturated/α-hetero) is 1. The second kappa shape index (κ2) is 6.52. The molecule has 3 nitrogen and oxygen atoms in total. The summed E-state index contributed by atoms with van der Waals surface area (Å²) in [5.74, 6) is 0.0700. The lowest BCUT2D eigenvalue weighted by Gasteiger charge is -2.21. The highest BCUT2D eigenvalue weighted by atomic mass is 16.7. The van der Waals surface area contributed by atoms with Crippen molar-refractivity contribution >= 4 is 5.78 Å². The molecule has 0 N–H and O–H groups in total. The van der Waals surface area contributed by atoms with Crippen LogP contribution in [0.1, 0.15) is 24.8 Å². The van der Waals surface area contributed by atoms with Crippen LogP contribution < -0.4 is 0 Å². The van der Waals surface area contributed by atoms with E-state index < -0.39 is 6.29 Å². The van der Waals surface area contributed by atoms with Crippen LogP contribution in [0, 0.1) is 0 Å². The monoisotopic (exact) mass is 234 g/mol. The van der Waals surface area contributed by atoms with Crippen LogP contribution in [-0.2, 0) is 20.7 Å². The minimum Gasteiger partial charge on any atom is -0.346 e. The SMILES string of the molecule is O=C(CCCc1ccccc1)C1OCCCO1. The normalized spacial score (nSPS) is 16.9. The zero-order chi connectivity index (χ0) is 11.9. The average molecular weight is 234 g/mol. The van der Waals surface area contributed by atoms with Crippen molar-refractivity contribution in [1.82, 2.24) is 0 Å². The second-order valence-corrected chi connectivity index (χ2v) is 4.23. The van der Waals surface area contributed by atoms with Crippen LogP contribution in [0.2, 0.25) is 0 Å². The first-order valence-corrected chi connectivity index (χ1v) is 6.16. The molecule has 1 aromatic carbocycles. The molecule has 2 rings (SSSR count). The molecule has 0 aliphatic carbocycles. The van der Waals surface area contributed by atoms with Crippen LogP contribution in [0.25, 0.3) is 0 Å². The molecule has 0 amide bonds. The Balaban J connectivity index is 1.69. The number of benzene rings is 1. The molecule has 0 spiro atoms. The van der Waals surface area contributed by atoms with Gasteiger partial charge in [-0.1, -0.05) is 30.3 Å². The summed E-state index contributed by atoms with van der Waals surface area (Å²) in [7, 11) is 0. The Kier molecular flexibility index (Phi) is 4.71. The average Bonchev–Trinajstić information content (AvgIpc) is 2.41. The van der Waals surface area contributed by atoms with Crippen LogP contribution >= 0.6 is 0 Å². The van der Waals surface area contributed by atoms with Crippen molar-refractivity contribution in [3.63, 3.8) is 0 Å². The molecular weight excluding hydrogens is 216 g/mol. The van der Waals surface area contributed by atoms with Crippen molar-refractivity contribution in [3.8, 4) is 0 Å². The van der Waals surface area contributed by atoms with E-state index in [4.69, 9.17) is 9.47 Å². The largest absolute Gasteiger partial charge is 0.346 e. The van der Waals surface area contributed by atoms with Crippen LogP contribution in [0.5, 0.6) is 0 Å². The molecule has 0 bridgehead atoms. The molecule has 0 radical (unpaired) electrons. The molecular formula is C14H18O3. The topological polar surface area (TPSA) is 35.5 Å². The lowest BCUT2D eigenvalue weighted by Crippen LogP contribution is -2.32. The van der Waals surface area contributed by atoms with Crippen molar-refractivity contribution in [1.29, 1.82) is 0 Å². The number of carbonyl (C=O) groups excluding carboxylic acids is 1. The third kappa shape index (κ3) is 3.95.